The molecule has 3 rings (SSSR count). The summed E-state index contributed by atoms with van der Waals surface area (Å²) in [6, 6.07) is 26.4. The average molecular weight is 435 g/mol. The molecule has 0 fully saturated rings. The SMILES string of the molecule is C[C@@H](C(=O)NCc1ccccc1)N(Cc1ccc(Cl)cc1)C(=O)CCc1ccccc1. The lowest BCUT2D eigenvalue weighted by Crippen LogP contribution is -2.47. The Labute approximate surface area is 188 Å². The van der Waals surface area contributed by atoms with Crippen molar-refractivity contribution in [1.29, 1.82) is 0 Å². The van der Waals surface area contributed by atoms with Crippen molar-refractivity contribution < 1.29 is 9.59 Å². The van der Waals surface area contributed by atoms with E-state index in [4.69, 9.17) is 11.6 Å². The lowest BCUT2D eigenvalue weighted by molar-refractivity contribution is -0.140. The molecule has 0 saturated heterocycles. The Balaban J connectivity index is 1.69. The number of carbonyl (C=O) groups is 2. The molecule has 0 heterocycles. The van der Waals surface area contributed by atoms with E-state index in [1.54, 1.807) is 24.0 Å². The summed E-state index contributed by atoms with van der Waals surface area (Å²) < 4.78 is 0. The summed E-state index contributed by atoms with van der Waals surface area (Å²) >= 11 is 6.00. The molecule has 2 amide bonds. The minimum Gasteiger partial charge on any atom is -0.350 e. The second-order valence-corrected chi connectivity index (χ2v) is 7.95. The van der Waals surface area contributed by atoms with Gasteiger partial charge in [0.2, 0.25) is 11.8 Å². The van der Waals surface area contributed by atoms with E-state index in [0.717, 1.165) is 16.7 Å². The smallest absolute Gasteiger partial charge is 0.242 e. The molecule has 4 nitrogen and oxygen atoms in total. The van der Waals surface area contributed by atoms with Crippen molar-refractivity contribution in [2.45, 2.75) is 38.9 Å². The Morgan fingerprint density at radius 2 is 1.42 bits per heavy atom. The van der Waals surface area contributed by atoms with E-state index >= 15 is 0 Å². The van der Waals surface area contributed by atoms with Crippen molar-refractivity contribution in [3.05, 3.63) is 107 Å². The van der Waals surface area contributed by atoms with Crippen LogP contribution in [0.1, 0.15) is 30.0 Å². The van der Waals surface area contributed by atoms with Gasteiger partial charge in [0, 0.05) is 24.5 Å². The molecule has 5 heteroatoms. The third kappa shape index (κ3) is 6.97. The zero-order valence-electron chi connectivity index (χ0n) is 17.6. The Hall–Kier alpha value is -3.11. The minimum absolute atomic E-state index is 0.0545. The topological polar surface area (TPSA) is 49.4 Å². The molecule has 0 aromatic heterocycles. The molecule has 0 saturated carbocycles. The molecule has 3 aromatic carbocycles. The number of rotatable bonds is 9. The van der Waals surface area contributed by atoms with Crippen LogP contribution in [0, 0.1) is 0 Å². The highest BCUT2D eigenvalue weighted by Crippen LogP contribution is 2.15. The van der Waals surface area contributed by atoms with Gasteiger partial charge in [-0.25, -0.2) is 0 Å². The first-order valence-corrected chi connectivity index (χ1v) is 10.8. The largest absolute Gasteiger partial charge is 0.350 e. The summed E-state index contributed by atoms with van der Waals surface area (Å²) in [7, 11) is 0. The Kier molecular flexibility index (Phi) is 8.25. The monoisotopic (exact) mass is 434 g/mol. The predicted molar refractivity (Wildman–Crippen MR) is 125 cm³/mol. The molecule has 0 aliphatic carbocycles. The van der Waals surface area contributed by atoms with Gasteiger partial charge in [0.1, 0.15) is 6.04 Å². The average Bonchev–Trinajstić information content (AvgIpc) is 2.81. The van der Waals surface area contributed by atoms with Crippen LogP contribution in [0.5, 0.6) is 0 Å². The second kappa shape index (κ2) is 11.3. The molecule has 3 aromatic rings. The van der Waals surface area contributed by atoms with E-state index in [2.05, 4.69) is 5.32 Å². The first-order chi connectivity index (χ1) is 15.0. The van der Waals surface area contributed by atoms with Gasteiger partial charge < -0.3 is 10.2 Å². The standard InChI is InChI=1S/C26H27ClN2O2/c1-20(26(31)28-18-22-10-6-3-7-11-22)29(19-23-12-15-24(27)16-13-23)25(30)17-14-21-8-4-2-5-9-21/h2-13,15-16,20H,14,17-19H2,1H3,(H,28,31)/t20-/m0/s1. The van der Waals surface area contributed by atoms with Crippen molar-refractivity contribution in [2.24, 2.45) is 0 Å². The molecule has 0 aliphatic heterocycles. The lowest BCUT2D eigenvalue weighted by Gasteiger charge is -2.29. The normalized spacial score (nSPS) is 11.5. The third-order valence-corrected chi connectivity index (χ3v) is 5.47. The Bertz CT molecular complexity index is 975. The molecule has 31 heavy (non-hydrogen) atoms. The number of carbonyl (C=O) groups excluding carboxylic acids is 2. The molecule has 1 N–H and O–H groups in total. The van der Waals surface area contributed by atoms with E-state index < -0.39 is 6.04 Å². The molecule has 0 unspecified atom stereocenters. The molecule has 160 valence electrons. The van der Waals surface area contributed by atoms with Crippen LogP contribution in [0.4, 0.5) is 0 Å². The number of nitrogens with one attached hydrogen (secondary N) is 1. The first-order valence-electron chi connectivity index (χ1n) is 10.4. The van der Waals surface area contributed by atoms with E-state index in [0.29, 0.717) is 31.0 Å². The molecule has 0 radical (unpaired) electrons. The van der Waals surface area contributed by atoms with Gasteiger partial charge >= 0.3 is 0 Å². The summed E-state index contributed by atoms with van der Waals surface area (Å²) in [6.07, 6.45) is 0.975. The summed E-state index contributed by atoms with van der Waals surface area (Å²) in [6.45, 7) is 2.55. The van der Waals surface area contributed by atoms with Gasteiger partial charge in [-0.15, -0.1) is 0 Å². The van der Waals surface area contributed by atoms with Gasteiger partial charge in [0.15, 0.2) is 0 Å². The van der Waals surface area contributed by atoms with Crippen LogP contribution < -0.4 is 5.32 Å². The Morgan fingerprint density at radius 3 is 2.03 bits per heavy atom. The van der Waals surface area contributed by atoms with Crippen molar-refractivity contribution in [3.8, 4) is 0 Å². The number of aryl methyl sites for hydroxylation is 1. The van der Waals surface area contributed by atoms with Gasteiger partial charge in [0.05, 0.1) is 0 Å². The molecular weight excluding hydrogens is 408 g/mol. The number of benzene rings is 3. The van der Waals surface area contributed by atoms with E-state index in [-0.39, 0.29) is 11.8 Å². The molecule has 0 aliphatic rings. The fourth-order valence-corrected chi connectivity index (χ4v) is 3.47. The van der Waals surface area contributed by atoms with Crippen LogP contribution in [0.25, 0.3) is 0 Å². The second-order valence-electron chi connectivity index (χ2n) is 7.51. The van der Waals surface area contributed by atoms with Crippen LogP contribution in [0.15, 0.2) is 84.9 Å². The van der Waals surface area contributed by atoms with E-state index in [9.17, 15) is 9.59 Å². The number of amides is 2. The predicted octanol–water partition coefficient (Wildman–Crippen LogP) is 5.01. The van der Waals surface area contributed by atoms with Gasteiger partial charge in [-0.1, -0.05) is 84.4 Å². The zero-order chi connectivity index (χ0) is 22.1. The van der Waals surface area contributed by atoms with Crippen LogP contribution in [-0.4, -0.2) is 22.8 Å². The zero-order valence-corrected chi connectivity index (χ0v) is 18.4. The highest BCUT2D eigenvalue weighted by Gasteiger charge is 2.25. The molecule has 1 atom stereocenters. The van der Waals surface area contributed by atoms with Crippen molar-refractivity contribution in [1.82, 2.24) is 10.2 Å². The highest BCUT2D eigenvalue weighted by atomic mass is 35.5. The maximum atomic E-state index is 13.1. The van der Waals surface area contributed by atoms with Crippen LogP contribution >= 0.6 is 11.6 Å². The maximum absolute atomic E-state index is 13.1. The number of hydrogen-bond acceptors (Lipinski definition) is 2. The van der Waals surface area contributed by atoms with Crippen molar-refractivity contribution >= 4 is 23.4 Å². The quantitative estimate of drug-likeness (QED) is 0.514. The molecule has 0 bridgehead atoms. The summed E-state index contributed by atoms with van der Waals surface area (Å²) in [5.41, 5.74) is 3.05. The lowest BCUT2D eigenvalue weighted by atomic mass is 10.1. The number of hydrogen-bond donors (Lipinski definition) is 1. The Morgan fingerprint density at radius 1 is 0.839 bits per heavy atom. The maximum Gasteiger partial charge on any atom is 0.242 e. The molecule has 0 spiro atoms. The van der Waals surface area contributed by atoms with Crippen molar-refractivity contribution in [2.75, 3.05) is 0 Å². The van der Waals surface area contributed by atoms with Gasteiger partial charge in [-0.2, -0.15) is 0 Å². The van der Waals surface area contributed by atoms with Crippen molar-refractivity contribution in [3.63, 3.8) is 0 Å². The van der Waals surface area contributed by atoms with Crippen LogP contribution in [-0.2, 0) is 29.1 Å². The first kappa shape index (κ1) is 22.6. The number of nitrogens with zero attached hydrogens (tertiary/aromatic N) is 1. The summed E-state index contributed by atoms with van der Waals surface area (Å²) in [5.74, 6) is -0.230. The fraction of sp³-hybridized carbons (Fsp3) is 0.231. The van der Waals surface area contributed by atoms with Crippen LogP contribution in [0.2, 0.25) is 5.02 Å². The van der Waals surface area contributed by atoms with Gasteiger partial charge in [-0.05, 0) is 42.2 Å². The third-order valence-electron chi connectivity index (χ3n) is 5.21. The molecular formula is C26H27ClN2O2. The van der Waals surface area contributed by atoms with Crippen LogP contribution in [0.3, 0.4) is 0 Å². The summed E-state index contributed by atoms with van der Waals surface area (Å²) in [4.78, 5) is 27.6. The van der Waals surface area contributed by atoms with Gasteiger partial charge in [-0.3, -0.25) is 9.59 Å². The fourth-order valence-electron chi connectivity index (χ4n) is 3.34. The van der Waals surface area contributed by atoms with E-state index in [1.807, 2.05) is 72.8 Å². The number of halogens is 1. The minimum atomic E-state index is -0.595. The van der Waals surface area contributed by atoms with Gasteiger partial charge in [0.25, 0.3) is 0 Å². The highest BCUT2D eigenvalue weighted by molar-refractivity contribution is 6.30. The van der Waals surface area contributed by atoms with E-state index in [1.165, 1.54) is 0 Å². The summed E-state index contributed by atoms with van der Waals surface area (Å²) in [5, 5.41) is 3.59.